The predicted molar refractivity (Wildman–Crippen MR) is 101 cm³/mol. The highest BCUT2D eigenvalue weighted by molar-refractivity contribution is 6.06. The van der Waals surface area contributed by atoms with Crippen LogP contribution in [0.1, 0.15) is 10.4 Å². The van der Waals surface area contributed by atoms with Crippen LogP contribution in [-0.2, 0) is 0 Å². The molecule has 0 atom stereocenters. The Balaban J connectivity index is 0.000000146. The molecule has 0 aliphatic heterocycles. The minimum absolute atomic E-state index is 0.378. The molecule has 4 nitrogen and oxygen atoms in total. The number of ether oxygens (including phenoxy) is 1. The number of primary amides is 1. The number of fused-ring (bicyclic) bond motifs is 2. The fraction of sp³-hybridized carbons (Fsp3) is 0.0476. The highest BCUT2D eigenvalue weighted by Gasteiger charge is 2.03. The highest BCUT2D eigenvalue weighted by atomic mass is 16.5. The Morgan fingerprint density at radius 3 is 2.36 bits per heavy atom. The van der Waals surface area contributed by atoms with Crippen LogP contribution in [0.25, 0.3) is 21.7 Å². The Hall–Kier alpha value is -3.40. The lowest BCUT2D eigenvalue weighted by molar-refractivity contribution is 0.100. The number of nitrogens with two attached hydrogens (primary N) is 1. The monoisotopic (exact) mass is 330 g/mol. The topological polar surface area (TPSA) is 65.2 Å². The zero-order chi connectivity index (χ0) is 17.6. The van der Waals surface area contributed by atoms with Crippen LogP contribution in [0.2, 0.25) is 0 Å². The van der Waals surface area contributed by atoms with Gasteiger partial charge in [-0.25, -0.2) is 0 Å². The largest absolute Gasteiger partial charge is 0.495 e. The summed E-state index contributed by atoms with van der Waals surface area (Å²) in [6, 6.07) is 23.2. The fourth-order valence-electron chi connectivity index (χ4n) is 2.60. The number of hydrogen-bond donors (Lipinski definition) is 1. The van der Waals surface area contributed by atoms with Crippen molar-refractivity contribution in [2.24, 2.45) is 5.73 Å². The number of benzene rings is 3. The summed E-state index contributed by atoms with van der Waals surface area (Å²) < 4.78 is 5.06. The second kappa shape index (κ2) is 7.45. The summed E-state index contributed by atoms with van der Waals surface area (Å²) >= 11 is 0. The van der Waals surface area contributed by atoms with Gasteiger partial charge >= 0.3 is 0 Å². The molecule has 0 unspecified atom stereocenters. The standard InChI is InChI=1S/C11H9NO.C10H9NO/c12-11(13)10-7-3-5-8-4-1-2-6-9(8)10;1-12-9-6-8-4-2-3-5-10(8)11-7-9/h1-7H,(H2,12,13);2-7H,1H3. The van der Waals surface area contributed by atoms with Crippen LogP contribution in [0, 0.1) is 0 Å². The van der Waals surface area contributed by atoms with Crippen molar-refractivity contribution < 1.29 is 9.53 Å². The molecule has 0 saturated heterocycles. The van der Waals surface area contributed by atoms with E-state index < -0.39 is 0 Å². The second-order valence-corrected chi connectivity index (χ2v) is 5.46. The summed E-state index contributed by atoms with van der Waals surface area (Å²) in [4.78, 5) is 15.3. The predicted octanol–water partition coefficient (Wildman–Crippen LogP) is 4.18. The lowest BCUT2D eigenvalue weighted by Gasteiger charge is -2.01. The third-order valence-corrected chi connectivity index (χ3v) is 3.86. The third kappa shape index (κ3) is 3.75. The summed E-state index contributed by atoms with van der Waals surface area (Å²) in [6.07, 6.45) is 1.72. The van der Waals surface area contributed by atoms with Gasteiger partial charge in [0.25, 0.3) is 0 Å². The van der Waals surface area contributed by atoms with Gasteiger partial charge in [0.2, 0.25) is 5.91 Å². The molecule has 0 fully saturated rings. The van der Waals surface area contributed by atoms with Gasteiger partial charge in [-0.15, -0.1) is 0 Å². The van der Waals surface area contributed by atoms with E-state index >= 15 is 0 Å². The van der Waals surface area contributed by atoms with Crippen molar-refractivity contribution in [1.29, 1.82) is 0 Å². The Bertz CT molecular complexity index is 1020. The molecule has 1 aromatic heterocycles. The number of carbonyl (C=O) groups excluding carboxylic acids is 1. The molecule has 4 heteroatoms. The van der Waals surface area contributed by atoms with Crippen molar-refractivity contribution >= 4 is 27.6 Å². The molecule has 0 aliphatic carbocycles. The van der Waals surface area contributed by atoms with Crippen LogP contribution in [-0.4, -0.2) is 18.0 Å². The van der Waals surface area contributed by atoms with Crippen molar-refractivity contribution in [3.05, 3.63) is 84.6 Å². The molecule has 1 heterocycles. The van der Waals surface area contributed by atoms with Gasteiger partial charge in [-0.2, -0.15) is 0 Å². The van der Waals surface area contributed by atoms with Crippen molar-refractivity contribution in [3.63, 3.8) is 0 Å². The number of para-hydroxylation sites is 1. The number of carbonyl (C=O) groups is 1. The van der Waals surface area contributed by atoms with E-state index in [1.165, 1.54) is 0 Å². The van der Waals surface area contributed by atoms with E-state index in [-0.39, 0.29) is 5.91 Å². The Kier molecular flexibility index (Phi) is 4.90. The normalized spacial score (nSPS) is 10.1. The van der Waals surface area contributed by atoms with Gasteiger partial charge in [-0.3, -0.25) is 9.78 Å². The van der Waals surface area contributed by atoms with E-state index in [9.17, 15) is 4.79 Å². The van der Waals surface area contributed by atoms with E-state index in [0.717, 1.165) is 27.4 Å². The van der Waals surface area contributed by atoms with Crippen molar-refractivity contribution in [2.75, 3.05) is 7.11 Å². The van der Waals surface area contributed by atoms with E-state index in [1.807, 2.05) is 66.7 Å². The molecule has 124 valence electrons. The summed E-state index contributed by atoms with van der Waals surface area (Å²) in [5, 5.41) is 3.06. The quantitative estimate of drug-likeness (QED) is 0.599. The summed E-state index contributed by atoms with van der Waals surface area (Å²) in [5.74, 6) is 0.422. The SMILES string of the molecule is COc1cnc2ccccc2c1.NC(=O)c1cccc2ccccc12. The van der Waals surface area contributed by atoms with Crippen LogP contribution in [0.4, 0.5) is 0 Å². The van der Waals surface area contributed by atoms with Gasteiger partial charge < -0.3 is 10.5 Å². The van der Waals surface area contributed by atoms with Gasteiger partial charge in [-0.05, 0) is 29.0 Å². The average Bonchev–Trinajstić information content (AvgIpc) is 2.67. The number of rotatable bonds is 2. The number of nitrogens with zero attached hydrogens (tertiary/aromatic N) is 1. The average molecular weight is 330 g/mol. The minimum atomic E-state index is -0.378. The summed E-state index contributed by atoms with van der Waals surface area (Å²) in [5.41, 5.74) is 6.82. The second-order valence-electron chi connectivity index (χ2n) is 5.46. The molecule has 0 aliphatic rings. The maximum absolute atomic E-state index is 11.0. The molecule has 0 spiro atoms. The van der Waals surface area contributed by atoms with Gasteiger partial charge in [0.15, 0.2) is 0 Å². The number of pyridine rings is 1. The van der Waals surface area contributed by atoms with Crippen LogP contribution in [0.3, 0.4) is 0 Å². The molecule has 4 aromatic rings. The number of hydrogen-bond acceptors (Lipinski definition) is 3. The zero-order valence-corrected chi connectivity index (χ0v) is 13.8. The fourth-order valence-corrected chi connectivity index (χ4v) is 2.60. The molecule has 1 amide bonds. The Labute approximate surface area is 145 Å². The molecule has 4 rings (SSSR count). The molecule has 2 N–H and O–H groups in total. The lowest BCUT2D eigenvalue weighted by atomic mass is 10.0. The first-order chi connectivity index (χ1) is 12.2. The van der Waals surface area contributed by atoms with Crippen molar-refractivity contribution in [2.45, 2.75) is 0 Å². The maximum Gasteiger partial charge on any atom is 0.249 e. The number of aromatic nitrogens is 1. The van der Waals surface area contributed by atoms with Crippen LogP contribution < -0.4 is 10.5 Å². The smallest absolute Gasteiger partial charge is 0.249 e. The van der Waals surface area contributed by atoms with Crippen LogP contribution in [0.15, 0.2) is 79.0 Å². The molecule has 25 heavy (non-hydrogen) atoms. The number of methoxy groups -OCH3 is 1. The lowest BCUT2D eigenvalue weighted by Crippen LogP contribution is -2.11. The summed E-state index contributed by atoms with van der Waals surface area (Å²) in [7, 11) is 1.64. The summed E-state index contributed by atoms with van der Waals surface area (Å²) in [6.45, 7) is 0. The van der Waals surface area contributed by atoms with Crippen molar-refractivity contribution in [1.82, 2.24) is 4.98 Å². The first-order valence-electron chi connectivity index (χ1n) is 7.85. The molecule has 3 aromatic carbocycles. The first kappa shape index (κ1) is 16.5. The van der Waals surface area contributed by atoms with Gasteiger partial charge in [-0.1, -0.05) is 54.6 Å². The zero-order valence-electron chi connectivity index (χ0n) is 13.8. The Morgan fingerprint density at radius 1 is 0.920 bits per heavy atom. The maximum atomic E-state index is 11.0. The molecular weight excluding hydrogens is 312 g/mol. The molecule has 0 bridgehead atoms. The van der Waals surface area contributed by atoms with E-state index in [1.54, 1.807) is 19.4 Å². The third-order valence-electron chi connectivity index (χ3n) is 3.86. The Morgan fingerprint density at radius 2 is 1.60 bits per heavy atom. The van der Waals surface area contributed by atoms with Crippen LogP contribution >= 0.6 is 0 Å². The molecule has 0 radical (unpaired) electrons. The first-order valence-corrected chi connectivity index (χ1v) is 7.85. The van der Waals surface area contributed by atoms with Crippen LogP contribution in [0.5, 0.6) is 5.75 Å². The van der Waals surface area contributed by atoms with Gasteiger partial charge in [0, 0.05) is 10.9 Å². The van der Waals surface area contributed by atoms with E-state index in [4.69, 9.17) is 10.5 Å². The molecular formula is C21H18N2O2. The van der Waals surface area contributed by atoms with E-state index in [0.29, 0.717) is 5.56 Å². The highest BCUT2D eigenvalue weighted by Crippen LogP contribution is 2.18. The molecule has 0 saturated carbocycles. The number of amides is 1. The van der Waals surface area contributed by atoms with Gasteiger partial charge in [0.05, 0.1) is 18.8 Å². The van der Waals surface area contributed by atoms with Crippen molar-refractivity contribution in [3.8, 4) is 5.75 Å². The minimum Gasteiger partial charge on any atom is -0.495 e. The van der Waals surface area contributed by atoms with Gasteiger partial charge in [0.1, 0.15) is 5.75 Å². The van der Waals surface area contributed by atoms with E-state index in [2.05, 4.69) is 4.98 Å².